The summed E-state index contributed by atoms with van der Waals surface area (Å²) < 4.78 is 8.73. The van der Waals surface area contributed by atoms with E-state index in [9.17, 15) is 0 Å². The standard InChI is InChI=1S/C28H29N2O/c1-17-11-12-19-7-5-10-22-24(19)23(17)26-27(31-22)29-25-20(8-6-9-21(25)30(26)4)18-13-15-28(2,3)16-14-18/h5-12,18H,13-16H2,1-4H3/q+1. The molecule has 0 atom stereocenters. The van der Waals surface area contributed by atoms with Gasteiger partial charge in [-0.05, 0) is 66.5 Å². The summed E-state index contributed by atoms with van der Waals surface area (Å²) in [5.74, 6) is 2.21. The van der Waals surface area contributed by atoms with Crippen LogP contribution in [0, 0.1) is 12.3 Å². The van der Waals surface area contributed by atoms with Gasteiger partial charge in [0.15, 0.2) is 0 Å². The summed E-state index contributed by atoms with van der Waals surface area (Å²) in [4.78, 5) is 5.17. The van der Waals surface area contributed by atoms with E-state index >= 15 is 0 Å². The number of benzene rings is 3. The van der Waals surface area contributed by atoms with E-state index in [2.05, 4.69) is 80.9 Å². The molecule has 1 aromatic heterocycles. The SMILES string of the molecule is Cc1ccc2cccc3c2c1-c1c(nc2c(C4CCC(C)(C)CC4)cccc2[n+]1C)O3. The molecule has 0 spiro atoms. The summed E-state index contributed by atoms with van der Waals surface area (Å²) in [6.45, 7) is 6.98. The number of aromatic nitrogens is 2. The number of hydrogen-bond acceptors (Lipinski definition) is 2. The molecule has 2 aliphatic rings. The second-order valence-corrected chi connectivity index (χ2v) is 10.2. The number of hydrogen-bond donors (Lipinski definition) is 0. The fraction of sp³-hybridized carbons (Fsp3) is 0.357. The molecule has 0 amide bonds. The highest BCUT2D eigenvalue weighted by molar-refractivity contribution is 6.04. The van der Waals surface area contributed by atoms with Gasteiger partial charge in [0.1, 0.15) is 18.3 Å². The molecule has 4 aromatic rings. The Bertz CT molecular complexity index is 1360. The molecule has 0 bridgehead atoms. The van der Waals surface area contributed by atoms with Crippen LogP contribution in [0.15, 0.2) is 48.5 Å². The lowest BCUT2D eigenvalue weighted by Crippen LogP contribution is -2.34. The Morgan fingerprint density at radius 2 is 1.77 bits per heavy atom. The van der Waals surface area contributed by atoms with Crippen LogP contribution in [0.25, 0.3) is 33.1 Å². The van der Waals surface area contributed by atoms with Gasteiger partial charge >= 0.3 is 0 Å². The van der Waals surface area contributed by atoms with Gasteiger partial charge < -0.3 is 4.74 Å². The molecule has 156 valence electrons. The van der Waals surface area contributed by atoms with Gasteiger partial charge in [-0.15, -0.1) is 0 Å². The van der Waals surface area contributed by atoms with Crippen LogP contribution in [0.2, 0.25) is 0 Å². The molecule has 1 saturated carbocycles. The van der Waals surface area contributed by atoms with E-state index in [1.807, 2.05) is 0 Å². The van der Waals surface area contributed by atoms with Crippen molar-refractivity contribution in [2.24, 2.45) is 12.5 Å². The van der Waals surface area contributed by atoms with Gasteiger partial charge in [-0.3, -0.25) is 0 Å². The third kappa shape index (κ3) is 2.79. The average molecular weight is 410 g/mol. The van der Waals surface area contributed by atoms with Crippen molar-refractivity contribution in [1.82, 2.24) is 4.98 Å². The molecule has 0 saturated heterocycles. The number of rotatable bonds is 1. The van der Waals surface area contributed by atoms with Crippen LogP contribution >= 0.6 is 0 Å². The van der Waals surface area contributed by atoms with Crippen molar-refractivity contribution in [2.75, 3.05) is 0 Å². The van der Waals surface area contributed by atoms with Crippen molar-refractivity contribution < 1.29 is 9.30 Å². The Morgan fingerprint density at radius 1 is 1.00 bits per heavy atom. The molecule has 6 rings (SSSR count). The van der Waals surface area contributed by atoms with Crippen molar-refractivity contribution in [1.29, 1.82) is 0 Å². The monoisotopic (exact) mass is 409 g/mol. The van der Waals surface area contributed by atoms with Gasteiger partial charge in [-0.1, -0.05) is 50.2 Å². The molecule has 3 nitrogen and oxygen atoms in total. The third-order valence-electron chi connectivity index (χ3n) is 7.60. The van der Waals surface area contributed by atoms with Gasteiger partial charge in [0, 0.05) is 11.5 Å². The maximum Gasteiger partial charge on any atom is 0.294 e. The van der Waals surface area contributed by atoms with Gasteiger partial charge in [0.05, 0.1) is 5.56 Å². The van der Waals surface area contributed by atoms with Crippen LogP contribution in [-0.2, 0) is 7.05 Å². The van der Waals surface area contributed by atoms with E-state index in [0.29, 0.717) is 11.3 Å². The first-order chi connectivity index (χ1) is 14.9. The van der Waals surface area contributed by atoms with Gasteiger partial charge in [-0.2, -0.15) is 4.57 Å². The maximum absolute atomic E-state index is 6.44. The van der Waals surface area contributed by atoms with Crippen LogP contribution in [0.5, 0.6) is 11.6 Å². The summed E-state index contributed by atoms with van der Waals surface area (Å²) in [6, 6.07) is 17.4. The number of ether oxygens (including phenoxy) is 1. The molecule has 3 aromatic carbocycles. The van der Waals surface area contributed by atoms with Gasteiger partial charge in [0.2, 0.25) is 5.52 Å². The fourth-order valence-corrected chi connectivity index (χ4v) is 5.69. The van der Waals surface area contributed by atoms with Crippen molar-refractivity contribution in [3.63, 3.8) is 0 Å². The lowest BCUT2D eigenvalue weighted by atomic mass is 9.71. The minimum atomic E-state index is 0.460. The first-order valence-electron chi connectivity index (χ1n) is 11.5. The molecule has 3 heteroatoms. The number of para-hydroxylation sites is 1. The van der Waals surface area contributed by atoms with Crippen LogP contribution in [0.1, 0.15) is 56.6 Å². The van der Waals surface area contributed by atoms with Crippen molar-refractivity contribution in [2.45, 2.75) is 52.4 Å². The quantitative estimate of drug-likeness (QED) is 0.279. The summed E-state index contributed by atoms with van der Waals surface area (Å²) in [5, 5.41) is 2.40. The Labute approximate surface area is 183 Å². The van der Waals surface area contributed by atoms with Gasteiger partial charge in [-0.25, -0.2) is 4.98 Å². The van der Waals surface area contributed by atoms with Crippen molar-refractivity contribution in [3.05, 3.63) is 59.7 Å². The minimum Gasteiger partial charge on any atom is -0.433 e. The normalized spacial score (nSPS) is 17.5. The summed E-state index contributed by atoms with van der Waals surface area (Å²) in [5.41, 5.74) is 7.70. The van der Waals surface area contributed by atoms with E-state index in [0.717, 1.165) is 22.8 Å². The molecule has 1 aliphatic heterocycles. The highest BCUT2D eigenvalue weighted by Gasteiger charge is 2.34. The highest BCUT2D eigenvalue weighted by atomic mass is 16.5. The predicted molar refractivity (Wildman–Crippen MR) is 126 cm³/mol. The Hall–Kier alpha value is -2.94. The van der Waals surface area contributed by atoms with Gasteiger partial charge in [0.25, 0.3) is 11.6 Å². The second kappa shape index (κ2) is 6.53. The number of aryl methyl sites for hydroxylation is 2. The summed E-state index contributed by atoms with van der Waals surface area (Å²) in [7, 11) is 2.16. The van der Waals surface area contributed by atoms with Crippen LogP contribution in [-0.4, -0.2) is 4.98 Å². The van der Waals surface area contributed by atoms with Crippen LogP contribution in [0.4, 0.5) is 0 Å². The lowest BCUT2D eigenvalue weighted by molar-refractivity contribution is -0.634. The van der Waals surface area contributed by atoms with E-state index < -0.39 is 0 Å². The Morgan fingerprint density at radius 3 is 2.58 bits per heavy atom. The predicted octanol–water partition coefficient (Wildman–Crippen LogP) is 6.98. The third-order valence-corrected chi connectivity index (χ3v) is 7.60. The molecule has 0 unspecified atom stereocenters. The molecule has 0 N–H and O–H groups in total. The maximum atomic E-state index is 6.44. The van der Waals surface area contributed by atoms with Crippen molar-refractivity contribution in [3.8, 4) is 22.9 Å². The highest BCUT2D eigenvalue weighted by Crippen LogP contribution is 2.47. The summed E-state index contributed by atoms with van der Waals surface area (Å²) in [6.07, 6.45) is 5.01. The van der Waals surface area contributed by atoms with E-state index in [1.165, 1.54) is 58.7 Å². The summed E-state index contributed by atoms with van der Waals surface area (Å²) >= 11 is 0. The van der Waals surface area contributed by atoms with Crippen molar-refractivity contribution >= 4 is 21.8 Å². The molecular weight excluding hydrogens is 380 g/mol. The fourth-order valence-electron chi connectivity index (χ4n) is 5.69. The topological polar surface area (TPSA) is 26.0 Å². The van der Waals surface area contributed by atoms with Crippen LogP contribution in [0.3, 0.4) is 0 Å². The Kier molecular flexibility index (Phi) is 3.96. The average Bonchev–Trinajstić information content (AvgIpc) is 2.76. The minimum absolute atomic E-state index is 0.460. The number of nitrogens with zero attached hydrogens (tertiary/aromatic N) is 2. The Balaban J connectivity index is 1.59. The number of fused-ring (bicyclic) bond motifs is 3. The molecule has 1 aliphatic carbocycles. The van der Waals surface area contributed by atoms with Crippen LogP contribution < -0.4 is 9.30 Å². The molecule has 0 radical (unpaired) electrons. The molecule has 2 heterocycles. The molecule has 31 heavy (non-hydrogen) atoms. The van der Waals surface area contributed by atoms with E-state index in [4.69, 9.17) is 9.72 Å². The van der Waals surface area contributed by atoms with E-state index in [1.54, 1.807) is 0 Å². The first-order valence-corrected chi connectivity index (χ1v) is 11.5. The largest absolute Gasteiger partial charge is 0.433 e. The molecular formula is C28H29N2O+. The molecule has 1 fully saturated rings. The zero-order chi connectivity index (χ0) is 21.3. The zero-order valence-electron chi connectivity index (χ0n) is 18.8. The first kappa shape index (κ1) is 18.8. The second-order valence-electron chi connectivity index (χ2n) is 10.2. The lowest BCUT2D eigenvalue weighted by Gasteiger charge is -2.34. The van der Waals surface area contributed by atoms with E-state index in [-0.39, 0.29) is 0 Å². The smallest absolute Gasteiger partial charge is 0.294 e. The zero-order valence-corrected chi connectivity index (χ0v) is 18.8.